The number of Topliss-reactive ketones (excluding diaryl/α,β-unsaturated/α-hetero) is 2. The van der Waals surface area contributed by atoms with Crippen LogP contribution in [0.1, 0.15) is 109 Å². The van der Waals surface area contributed by atoms with Gasteiger partial charge >= 0.3 is 39.9 Å². The van der Waals surface area contributed by atoms with Crippen LogP contribution in [0, 0.1) is 14.4 Å². The van der Waals surface area contributed by atoms with E-state index < -0.39 is 55.4 Å². The minimum Gasteiger partial charge on any atom is -0.497 e. The maximum absolute atomic E-state index is 12.8. The van der Waals surface area contributed by atoms with Crippen molar-refractivity contribution < 1.29 is 83.9 Å². The zero-order valence-electron chi connectivity index (χ0n) is 36.7. The summed E-state index contributed by atoms with van der Waals surface area (Å²) in [5.41, 5.74) is -0.916. The van der Waals surface area contributed by atoms with E-state index in [4.69, 9.17) is 18.8 Å². The van der Waals surface area contributed by atoms with Gasteiger partial charge in [0.25, 0.3) is 0 Å². The van der Waals surface area contributed by atoms with Crippen LogP contribution in [-0.2, 0) is 55.2 Å². The molecule has 0 radical (unpaired) electrons. The number of hydrogen-bond donors (Lipinski definition) is 0. The van der Waals surface area contributed by atoms with E-state index in [0.717, 1.165) is 27.0 Å². The van der Waals surface area contributed by atoms with Crippen molar-refractivity contribution in [3.63, 3.8) is 0 Å². The molecule has 0 spiro atoms. The number of rotatable bonds is 10. The standard InChI is InChI=1S/C15H21BO4.C15H14F4N2O2.C6H5BrF4N2.C2H6.C2H5.2CH4.CH3.Pd/c1-10(17)11-7-8-12(13(9-11)18-6)16-19-14(2,3)15(4,5)20-16;1-9(22)10-3-4-11(12(7-10)23-2)14-20-13(15(17,18)19)8-21(14)6-5-16;7-5-12-4(6(9,10)11)3-13(5)2-1-8;2*1-2;;;;/h7-9H,1-6H3;3-4,7-8H,5-6H2,1-2H3;3H,1-2H2;1-2H3;1H2,2H3;2*1H4;1H3;/q;;;;-1;;;-1;+2. The van der Waals surface area contributed by atoms with Gasteiger partial charge in [-0.3, -0.25) is 9.59 Å². The molecule has 5 rings (SSSR count). The van der Waals surface area contributed by atoms with Gasteiger partial charge in [-0.25, -0.2) is 18.7 Å². The number of imidazole rings is 2. The predicted octanol–water partition coefficient (Wildman–Crippen LogP) is 12.2. The number of carbonyl (C=O) groups excluding carboxylic acids is 2. The van der Waals surface area contributed by atoms with E-state index in [9.17, 15) is 44.7 Å². The van der Waals surface area contributed by atoms with Crippen molar-refractivity contribution in [1.29, 1.82) is 0 Å². The molecule has 10 nitrogen and oxygen atoms in total. The molecule has 0 unspecified atom stereocenters. The average Bonchev–Trinajstić information content (AvgIpc) is 3.85. The number of nitrogens with zero attached hydrogens (tertiary/aromatic N) is 4. The summed E-state index contributed by atoms with van der Waals surface area (Å²) < 4.78 is 124. The van der Waals surface area contributed by atoms with Gasteiger partial charge in [-0.2, -0.15) is 33.3 Å². The Morgan fingerprint density at radius 1 is 0.750 bits per heavy atom. The Labute approximate surface area is 396 Å². The minimum absolute atomic E-state index is 0. The smallest absolute Gasteiger partial charge is 0.497 e. The summed E-state index contributed by atoms with van der Waals surface area (Å²) in [6.45, 7) is 17.9. The maximum atomic E-state index is 12.8. The summed E-state index contributed by atoms with van der Waals surface area (Å²) >= 11 is 2.80. The van der Waals surface area contributed by atoms with Crippen molar-refractivity contribution in [3.05, 3.63) is 90.4 Å². The van der Waals surface area contributed by atoms with E-state index in [-0.39, 0.29) is 89.2 Å². The second kappa shape index (κ2) is 29.1. The number of aromatic nitrogens is 4. The van der Waals surface area contributed by atoms with E-state index in [1.807, 2.05) is 47.6 Å². The summed E-state index contributed by atoms with van der Waals surface area (Å²) in [4.78, 5) is 29.6. The first-order valence-corrected chi connectivity index (χ1v) is 19.2. The van der Waals surface area contributed by atoms with Gasteiger partial charge in [-0.15, -0.1) is 0 Å². The van der Waals surface area contributed by atoms with Gasteiger partial charge in [-0.1, -0.05) is 46.9 Å². The summed E-state index contributed by atoms with van der Waals surface area (Å²) in [6.07, 6.45) is -7.59. The number of hydrogen-bond acceptors (Lipinski definition) is 8. The fraction of sp³-hybridized carbons (Fsp3) is 0.488. The monoisotopic (exact) mass is 1080 g/mol. The second-order valence-corrected chi connectivity index (χ2v) is 13.9. The quantitative estimate of drug-likeness (QED) is 0.0669. The number of halogens is 9. The van der Waals surface area contributed by atoms with E-state index in [0.29, 0.717) is 16.9 Å². The molecule has 1 saturated heterocycles. The Balaban J connectivity index is -0.000000405. The fourth-order valence-electron chi connectivity index (χ4n) is 5.00. The Kier molecular flexibility index (Phi) is 30.4. The van der Waals surface area contributed by atoms with Gasteiger partial charge in [-0.05, 0) is 75.7 Å². The van der Waals surface area contributed by atoms with Gasteiger partial charge in [0.15, 0.2) is 27.7 Å². The number of ketones is 2. The molecule has 0 aliphatic carbocycles. The summed E-state index contributed by atoms with van der Waals surface area (Å²) in [5, 5.41) is 0. The normalized spacial score (nSPS) is 13.0. The van der Waals surface area contributed by atoms with Crippen LogP contribution in [0.15, 0.2) is 53.5 Å². The first-order chi connectivity index (χ1) is 27.9. The molecule has 0 saturated carbocycles. The van der Waals surface area contributed by atoms with Gasteiger partial charge in [0, 0.05) is 29.0 Å². The zero-order valence-corrected chi connectivity index (χ0v) is 39.8. The molecule has 4 aromatic rings. The molecule has 1 aliphatic heterocycles. The van der Waals surface area contributed by atoms with Crippen molar-refractivity contribution in [1.82, 2.24) is 19.1 Å². The van der Waals surface area contributed by atoms with Crippen LogP contribution in [-0.4, -0.2) is 76.6 Å². The molecule has 0 bridgehead atoms. The van der Waals surface area contributed by atoms with Crippen LogP contribution in [0.4, 0.5) is 35.1 Å². The van der Waals surface area contributed by atoms with Gasteiger partial charge in [0.05, 0.1) is 44.1 Å². The number of carbonyl (C=O) groups is 2. The van der Waals surface area contributed by atoms with Crippen molar-refractivity contribution in [2.75, 3.05) is 27.6 Å². The Bertz CT molecular complexity index is 1990. The maximum Gasteiger partial charge on any atom is 2.00 e. The van der Waals surface area contributed by atoms with Crippen LogP contribution in [0.25, 0.3) is 11.4 Å². The molecule has 0 amide bonds. The van der Waals surface area contributed by atoms with E-state index in [2.05, 4.69) is 32.8 Å². The molecule has 1 aliphatic rings. The third-order valence-electron chi connectivity index (χ3n) is 8.73. The Morgan fingerprint density at radius 2 is 1.14 bits per heavy atom. The zero-order chi connectivity index (χ0) is 46.4. The average molecular weight is 1080 g/mol. The molecule has 366 valence electrons. The number of ether oxygens (including phenoxy) is 2. The third-order valence-corrected chi connectivity index (χ3v) is 9.37. The molecule has 64 heavy (non-hydrogen) atoms. The third kappa shape index (κ3) is 18.0. The molecule has 2 aromatic heterocycles. The van der Waals surface area contributed by atoms with Crippen LogP contribution in [0.3, 0.4) is 0 Å². The minimum atomic E-state index is -4.64. The summed E-state index contributed by atoms with van der Waals surface area (Å²) in [6, 6.07) is 9.64. The van der Waals surface area contributed by atoms with E-state index >= 15 is 0 Å². The van der Waals surface area contributed by atoms with Crippen molar-refractivity contribution in [2.24, 2.45) is 0 Å². The van der Waals surface area contributed by atoms with Crippen LogP contribution < -0.4 is 14.9 Å². The number of alkyl halides is 8. The second-order valence-electron chi connectivity index (χ2n) is 13.2. The molecule has 0 N–H and O–H groups in total. The molecule has 1 fully saturated rings. The van der Waals surface area contributed by atoms with Crippen molar-refractivity contribution in [3.8, 4) is 22.9 Å². The number of aryl methyl sites for hydroxylation is 2. The Morgan fingerprint density at radius 3 is 1.53 bits per heavy atom. The number of methoxy groups -OCH3 is 2. The van der Waals surface area contributed by atoms with Crippen LogP contribution in [0.5, 0.6) is 11.5 Å². The molecule has 21 heteroatoms. The van der Waals surface area contributed by atoms with Crippen LogP contribution in [0.2, 0.25) is 0 Å². The first-order valence-electron chi connectivity index (χ1n) is 18.4. The number of benzene rings is 2. The SMILES string of the molecule is C.C.CC.COc1cc(C(C)=O)ccc1-c1nc(C(F)(F)F)cn1CCF.COc1cc(C(C)=O)ccc1B1OC(C)(C)C(C)(C)O1.FCCn1cc(C(F)(F)F)nc1Br.[CH2-]C.[CH3-].[Pd+2]. The first kappa shape index (κ1) is 67.0. The molecule has 3 heterocycles. The molecular formula is C43H62BBrF8N4O6Pd. The molecule has 2 aromatic carbocycles. The fourth-order valence-corrected chi connectivity index (χ4v) is 5.47. The van der Waals surface area contributed by atoms with E-state index in [1.165, 1.54) is 39.2 Å². The van der Waals surface area contributed by atoms with Crippen molar-refractivity contribution in [2.45, 2.75) is 114 Å². The summed E-state index contributed by atoms with van der Waals surface area (Å²) in [5.74, 6) is 0.525. The van der Waals surface area contributed by atoms with Crippen LogP contribution >= 0.6 is 15.9 Å². The van der Waals surface area contributed by atoms with Gasteiger partial charge in [0.1, 0.15) is 30.7 Å². The topological polar surface area (TPSA) is 107 Å². The summed E-state index contributed by atoms with van der Waals surface area (Å²) in [7, 11) is 2.42. The van der Waals surface area contributed by atoms with Crippen molar-refractivity contribution >= 4 is 40.1 Å². The largest absolute Gasteiger partial charge is 2.00 e. The molecule has 0 atom stereocenters. The van der Waals surface area contributed by atoms with Gasteiger partial charge < -0.3 is 42.3 Å². The molecular weight excluding hydrogens is 1020 g/mol. The van der Waals surface area contributed by atoms with Gasteiger partial charge in [0.2, 0.25) is 0 Å². The van der Waals surface area contributed by atoms with E-state index in [1.54, 1.807) is 26.2 Å². The predicted molar refractivity (Wildman–Crippen MR) is 237 cm³/mol. The Hall–Kier alpha value is -3.63.